The van der Waals surface area contributed by atoms with Crippen molar-refractivity contribution in [3.8, 4) is 0 Å². The molecule has 0 aromatic heterocycles. The van der Waals surface area contributed by atoms with Crippen molar-refractivity contribution in [2.45, 2.75) is 0 Å². The molecule has 0 radical (unpaired) electrons. The average molecular weight is 215 g/mol. The first-order chi connectivity index (χ1) is 5.63. The quantitative estimate of drug-likeness (QED) is 0.412. The number of rotatable bonds is 3. The van der Waals surface area contributed by atoms with Gasteiger partial charge in [-0.1, -0.05) is 0 Å². The van der Waals surface area contributed by atoms with Gasteiger partial charge in [-0.3, -0.25) is 0 Å². The van der Waals surface area contributed by atoms with Gasteiger partial charge in [-0.05, 0) is 0 Å². The van der Waals surface area contributed by atoms with Crippen molar-refractivity contribution in [2.75, 3.05) is 13.2 Å². The molecule has 0 spiro atoms. The summed E-state index contributed by atoms with van der Waals surface area (Å²) in [5.41, 5.74) is -1.88. The Morgan fingerprint density at radius 2 is 1.25 bits per heavy atom. The Morgan fingerprint density at radius 3 is 1.42 bits per heavy atom. The molecule has 0 aliphatic heterocycles. The number of ether oxygens (including phenoxy) is 2. The van der Waals surface area contributed by atoms with E-state index < -0.39 is 10.9 Å². The highest BCUT2D eigenvalue weighted by Crippen LogP contribution is 1.89. The molecule has 4 nitrogen and oxygen atoms in total. The van der Waals surface area contributed by atoms with E-state index in [2.05, 4.69) is 22.6 Å². The van der Waals surface area contributed by atoms with E-state index in [1.807, 2.05) is 0 Å². The van der Waals surface area contributed by atoms with Gasteiger partial charge >= 0.3 is 10.9 Å². The summed E-state index contributed by atoms with van der Waals surface area (Å²) >= 11 is 9.52. The number of hydrogen-bond donors (Lipinski definition) is 0. The van der Waals surface area contributed by atoms with E-state index in [0.717, 1.165) is 0 Å². The van der Waals surface area contributed by atoms with Crippen molar-refractivity contribution in [3.05, 3.63) is 13.2 Å². The summed E-state index contributed by atoms with van der Waals surface area (Å²) in [5, 5.41) is 0. The van der Waals surface area contributed by atoms with Crippen LogP contribution in [0.4, 0.5) is 9.59 Å². The molecule has 0 N–H and O–H groups in total. The van der Waals surface area contributed by atoms with E-state index in [1.165, 1.54) is 0 Å². The Kier molecular flexibility index (Phi) is 11.8. The lowest BCUT2D eigenvalue weighted by atomic mass is 10.8. The van der Waals surface area contributed by atoms with E-state index in [4.69, 9.17) is 23.2 Å². The van der Waals surface area contributed by atoms with Crippen LogP contribution in [0.2, 0.25) is 0 Å². The molecular weight excluding hydrogens is 207 g/mol. The fraction of sp³-hybridized carbons (Fsp3) is 0.333. The van der Waals surface area contributed by atoms with Crippen molar-refractivity contribution in [2.24, 2.45) is 0 Å². The topological polar surface area (TPSA) is 52.6 Å². The van der Waals surface area contributed by atoms with Crippen LogP contribution >= 0.6 is 23.2 Å². The molecule has 12 heavy (non-hydrogen) atoms. The zero-order chi connectivity index (χ0) is 9.98. The lowest BCUT2D eigenvalue weighted by Crippen LogP contribution is -2.06. The Labute approximate surface area is 80.0 Å². The molecule has 0 bridgehead atoms. The van der Waals surface area contributed by atoms with Crippen molar-refractivity contribution in [1.82, 2.24) is 0 Å². The van der Waals surface area contributed by atoms with E-state index in [-0.39, 0.29) is 13.2 Å². The van der Waals surface area contributed by atoms with Gasteiger partial charge in [-0.25, -0.2) is 9.59 Å². The Balaban J connectivity index is 0. The van der Waals surface area contributed by atoms with Crippen molar-refractivity contribution in [1.29, 1.82) is 0 Å². The highest BCUT2D eigenvalue weighted by atomic mass is 35.5. The second-order valence-electron chi connectivity index (χ2n) is 1.17. The standard InChI is InChI=1S/C4H4Cl2O4.C2H4/c5-3(7)9-1-2-10-4(6)8;1-2/h1-2H2;1-2H2. The molecule has 0 fully saturated rings. The molecule has 0 heterocycles. The normalized spacial score (nSPS) is 7.50. The van der Waals surface area contributed by atoms with Gasteiger partial charge in [-0.2, -0.15) is 0 Å². The molecular formula is C6H8Cl2O4. The first kappa shape index (κ1) is 13.8. The summed E-state index contributed by atoms with van der Waals surface area (Å²) < 4.78 is 8.37. The van der Waals surface area contributed by atoms with Crippen molar-refractivity contribution in [3.63, 3.8) is 0 Å². The highest BCUT2D eigenvalue weighted by Gasteiger charge is 1.97. The van der Waals surface area contributed by atoms with Gasteiger partial charge in [-0.15, -0.1) is 13.2 Å². The van der Waals surface area contributed by atoms with Crippen LogP contribution in [0.1, 0.15) is 0 Å². The van der Waals surface area contributed by atoms with Crippen LogP contribution in [0.25, 0.3) is 0 Å². The maximum atomic E-state index is 9.86. The predicted octanol–water partition coefficient (Wildman–Crippen LogP) is 2.54. The number of hydrogen-bond acceptors (Lipinski definition) is 4. The molecule has 0 saturated carbocycles. The zero-order valence-electron chi connectivity index (χ0n) is 6.22. The van der Waals surface area contributed by atoms with Crippen LogP contribution in [0, 0.1) is 0 Å². The van der Waals surface area contributed by atoms with Crippen molar-refractivity contribution < 1.29 is 19.1 Å². The van der Waals surface area contributed by atoms with E-state index >= 15 is 0 Å². The van der Waals surface area contributed by atoms with Crippen LogP contribution in [-0.4, -0.2) is 24.1 Å². The lowest BCUT2D eigenvalue weighted by Gasteiger charge is -1.98. The summed E-state index contributed by atoms with van der Waals surface area (Å²) in [5.74, 6) is 0. The second-order valence-corrected chi connectivity index (χ2v) is 1.79. The van der Waals surface area contributed by atoms with Gasteiger partial charge in [0.25, 0.3) is 0 Å². The van der Waals surface area contributed by atoms with Crippen LogP contribution in [0.3, 0.4) is 0 Å². The minimum Gasteiger partial charge on any atom is -0.450 e. The van der Waals surface area contributed by atoms with E-state index in [1.54, 1.807) is 0 Å². The molecule has 0 saturated heterocycles. The molecule has 0 aliphatic rings. The molecule has 0 atom stereocenters. The molecule has 6 heteroatoms. The monoisotopic (exact) mass is 214 g/mol. The Bertz CT molecular complexity index is 132. The summed E-state index contributed by atoms with van der Waals surface area (Å²) in [7, 11) is 0. The molecule has 0 rings (SSSR count). The van der Waals surface area contributed by atoms with Gasteiger partial charge in [0.15, 0.2) is 0 Å². The number of carbonyl (C=O) groups is 2. The lowest BCUT2D eigenvalue weighted by molar-refractivity contribution is 0.121. The van der Waals surface area contributed by atoms with E-state index in [0.29, 0.717) is 0 Å². The van der Waals surface area contributed by atoms with Crippen molar-refractivity contribution >= 4 is 34.1 Å². The number of halogens is 2. The third-order valence-electron chi connectivity index (χ3n) is 0.514. The zero-order valence-corrected chi connectivity index (χ0v) is 7.73. The third-order valence-corrected chi connectivity index (χ3v) is 0.733. The first-order valence-corrected chi connectivity index (χ1v) is 3.53. The average Bonchev–Trinajstić information content (AvgIpc) is 2.02. The molecule has 0 aromatic rings. The second kappa shape index (κ2) is 10.3. The van der Waals surface area contributed by atoms with Crippen LogP contribution in [0.15, 0.2) is 13.2 Å². The summed E-state index contributed by atoms with van der Waals surface area (Å²) in [6.45, 7) is 5.83. The maximum Gasteiger partial charge on any atom is 0.403 e. The van der Waals surface area contributed by atoms with Gasteiger partial charge < -0.3 is 9.47 Å². The summed E-state index contributed by atoms with van der Waals surface area (Å²) in [6.07, 6.45) is 0. The highest BCUT2D eigenvalue weighted by molar-refractivity contribution is 6.61. The number of carbonyl (C=O) groups excluding carboxylic acids is 2. The maximum absolute atomic E-state index is 9.86. The van der Waals surface area contributed by atoms with Gasteiger partial charge in [0.2, 0.25) is 0 Å². The van der Waals surface area contributed by atoms with Gasteiger partial charge in [0, 0.05) is 23.2 Å². The predicted molar refractivity (Wildman–Crippen MR) is 45.7 cm³/mol. The summed E-state index contributed by atoms with van der Waals surface area (Å²) in [6, 6.07) is 0. The fourth-order valence-corrected chi connectivity index (χ4v) is 0.398. The first-order valence-electron chi connectivity index (χ1n) is 2.77. The molecule has 0 aromatic carbocycles. The molecule has 0 unspecified atom stereocenters. The van der Waals surface area contributed by atoms with Gasteiger partial charge in [0.05, 0.1) is 0 Å². The minimum absolute atomic E-state index is 0.0825. The van der Waals surface area contributed by atoms with E-state index in [9.17, 15) is 9.59 Å². The van der Waals surface area contributed by atoms with Crippen LogP contribution in [-0.2, 0) is 9.47 Å². The Morgan fingerprint density at radius 1 is 1.00 bits per heavy atom. The summed E-state index contributed by atoms with van der Waals surface area (Å²) in [4.78, 5) is 19.7. The minimum atomic E-state index is -0.939. The van der Waals surface area contributed by atoms with Crippen LogP contribution < -0.4 is 0 Å². The van der Waals surface area contributed by atoms with Crippen LogP contribution in [0.5, 0.6) is 0 Å². The smallest absolute Gasteiger partial charge is 0.403 e. The van der Waals surface area contributed by atoms with Gasteiger partial charge in [0.1, 0.15) is 13.2 Å². The fourth-order valence-electron chi connectivity index (χ4n) is 0.244. The largest absolute Gasteiger partial charge is 0.450 e. The SMILES string of the molecule is C=C.O=C(Cl)OCCOC(=O)Cl. The Hall–Kier alpha value is -0.740. The molecule has 0 aliphatic carbocycles. The molecule has 0 amide bonds. The third kappa shape index (κ3) is 16.1. The molecule has 70 valence electrons.